The summed E-state index contributed by atoms with van der Waals surface area (Å²) in [6.07, 6.45) is 1.67. The standard InChI is InChI=1S/C7H11NO7P2.Na/c9-7(16(10,11)12,17(13,14)15)5-6-1-3-8-4-2-6;/h1-4,9H,5H2,(H2,10,11,12)(H2,13,14,15);/q;+1. The molecule has 0 spiro atoms. The molecule has 0 aliphatic heterocycles. The van der Waals surface area contributed by atoms with Gasteiger partial charge in [-0.2, -0.15) is 0 Å². The Balaban J connectivity index is 0.00000289. The summed E-state index contributed by atoms with van der Waals surface area (Å²) in [5.74, 6) is 0. The zero-order valence-electron chi connectivity index (χ0n) is 9.41. The van der Waals surface area contributed by atoms with Gasteiger partial charge in [0.25, 0.3) is 5.08 Å². The molecule has 18 heavy (non-hydrogen) atoms. The van der Waals surface area contributed by atoms with Gasteiger partial charge in [-0.15, -0.1) is 0 Å². The predicted octanol–water partition coefficient (Wildman–Crippen LogP) is -3.37. The van der Waals surface area contributed by atoms with Gasteiger partial charge in [0, 0.05) is 18.8 Å². The van der Waals surface area contributed by atoms with E-state index in [1.807, 2.05) is 0 Å². The summed E-state index contributed by atoms with van der Waals surface area (Å²) in [5, 5.41) is 6.18. The minimum atomic E-state index is -5.40. The van der Waals surface area contributed by atoms with Crippen LogP contribution in [0.25, 0.3) is 0 Å². The molecule has 0 saturated heterocycles. The third-order valence-electron chi connectivity index (χ3n) is 2.12. The van der Waals surface area contributed by atoms with Crippen molar-refractivity contribution < 1.29 is 63.4 Å². The van der Waals surface area contributed by atoms with Crippen LogP contribution in [0.2, 0.25) is 0 Å². The molecule has 0 radical (unpaired) electrons. The second-order valence-corrected chi connectivity index (χ2v) is 7.40. The number of rotatable bonds is 4. The molecule has 0 aliphatic carbocycles. The first-order valence-electron chi connectivity index (χ1n) is 4.30. The number of hydrogen-bond donors (Lipinski definition) is 5. The molecule has 5 N–H and O–H groups in total. The van der Waals surface area contributed by atoms with Gasteiger partial charge in [0.2, 0.25) is 0 Å². The van der Waals surface area contributed by atoms with Gasteiger partial charge >= 0.3 is 44.7 Å². The number of aliphatic hydroxyl groups is 1. The fraction of sp³-hybridized carbons (Fsp3) is 0.286. The summed E-state index contributed by atoms with van der Waals surface area (Å²) in [6.45, 7) is 0. The molecule has 0 atom stereocenters. The van der Waals surface area contributed by atoms with E-state index in [0.29, 0.717) is 0 Å². The molecule has 0 amide bonds. The van der Waals surface area contributed by atoms with Crippen LogP contribution in [0.3, 0.4) is 0 Å². The molecule has 8 nitrogen and oxygen atoms in total. The third-order valence-corrected chi connectivity index (χ3v) is 5.87. The second-order valence-electron chi connectivity index (χ2n) is 3.39. The van der Waals surface area contributed by atoms with Crippen molar-refractivity contribution in [3.05, 3.63) is 30.1 Å². The van der Waals surface area contributed by atoms with Gasteiger partial charge in [-0.25, -0.2) is 0 Å². The largest absolute Gasteiger partial charge is 1.00 e. The average molecular weight is 306 g/mol. The van der Waals surface area contributed by atoms with E-state index in [0.717, 1.165) is 0 Å². The molecule has 0 aromatic carbocycles. The van der Waals surface area contributed by atoms with E-state index in [4.69, 9.17) is 19.6 Å². The predicted molar refractivity (Wildman–Crippen MR) is 57.0 cm³/mol. The maximum absolute atomic E-state index is 11.0. The number of aromatic nitrogens is 1. The van der Waals surface area contributed by atoms with Gasteiger partial charge in [0.1, 0.15) is 0 Å². The van der Waals surface area contributed by atoms with Crippen LogP contribution < -0.4 is 29.6 Å². The van der Waals surface area contributed by atoms with Gasteiger partial charge < -0.3 is 24.7 Å². The van der Waals surface area contributed by atoms with Crippen LogP contribution in [-0.2, 0) is 15.6 Å². The average Bonchev–Trinajstić information content (AvgIpc) is 2.15. The molecule has 11 heteroatoms. The van der Waals surface area contributed by atoms with E-state index in [9.17, 15) is 14.2 Å². The molecule has 0 fully saturated rings. The maximum Gasteiger partial charge on any atom is 1.00 e. The summed E-state index contributed by atoms with van der Waals surface area (Å²) in [4.78, 5) is 39.2. The van der Waals surface area contributed by atoms with Gasteiger partial charge in [0.05, 0.1) is 0 Å². The number of hydrogen-bond acceptors (Lipinski definition) is 4. The summed E-state index contributed by atoms with van der Waals surface area (Å²) >= 11 is 0. The van der Waals surface area contributed by atoms with E-state index in [-0.39, 0.29) is 35.1 Å². The van der Waals surface area contributed by atoms with Crippen molar-refractivity contribution in [1.29, 1.82) is 0 Å². The van der Waals surface area contributed by atoms with Crippen LogP contribution in [0, 0.1) is 0 Å². The van der Waals surface area contributed by atoms with E-state index in [2.05, 4.69) is 4.98 Å². The van der Waals surface area contributed by atoms with Crippen molar-refractivity contribution in [1.82, 2.24) is 4.98 Å². The smallest absolute Gasteiger partial charge is 0.367 e. The summed E-state index contributed by atoms with van der Waals surface area (Å²) < 4.78 is 22.1. The van der Waals surface area contributed by atoms with E-state index < -0.39 is 26.7 Å². The van der Waals surface area contributed by atoms with Crippen LogP contribution in [0.1, 0.15) is 5.56 Å². The van der Waals surface area contributed by atoms with Gasteiger partial charge in [-0.3, -0.25) is 14.1 Å². The molecule has 1 aromatic heterocycles. The van der Waals surface area contributed by atoms with Crippen molar-refractivity contribution >= 4 is 15.2 Å². The Morgan fingerprint density at radius 1 is 1.06 bits per heavy atom. The summed E-state index contributed by atoms with van der Waals surface area (Å²) in [7, 11) is -10.8. The zero-order chi connectivity index (χ0) is 13.3. The molecule has 1 heterocycles. The molecule has 0 aliphatic rings. The zero-order valence-corrected chi connectivity index (χ0v) is 13.2. The first kappa shape index (κ1) is 18.4. The second kappa shape index (κ2) is 6.24. The molecular weight excluding hydrogens is 295 g/mol. The Hall–Kier alpha value is 0.410. The minimum Gasteiger partial charge on any atom is -0.367 e. The fourth-order valence-electron chi connectivity index (χ4n) is 1.15. The summed E-state index contributed by atoms with van der Waals surface area (Å²) in [6, 6.07) is 2.58. The Morgan fingerprint density at radius 3 is 1.78 bits per heavy atom. The first-order chi connectivity index (χ1) is 7.58. The number of pyridine rings is 1. The molecule has 0 bridgehead atoms. The van der Waals surface area contributed by atoms with Gasteiger partial charge in [0.15, 0.2) is 0 Å². The van der Waals surface area contributed by atoms with Gasteiger partial charge in [-0.05, 0) is 17.7 Å². The van der Waals surface area contributed by atoms with Crippen LogP contribution in [0.4, 0.5) is 0 Å². The van der Waals surface area contributed by atoms with E-state index in [1.54, 1.807) is 0 Å². The van der Waals surface area contributed by atoms with Crippen molar-refractivity contribution in [2.45, 2.75) is 11.5 Å². The SMILES string of the molecule is O=P(O)(O)C(O)(Cc1ccncc1)P(=O)(O)O.[Na+]. The Morgan fingerprint density at radius 2 is 1.44 bits per heavy atom. The Labute approximate surface area is 125 Å². The maximum atomic E-state index is 11.0. The van der Waals surface area contributed by atoms with Crippen molar-refractivity contribution in [3.63, 3.8) is 0 Å². The third kappa shape index (κ3) is 3.95. The molecule has 1 aromatic rings. The Bertz CT molecular complexity index is 462. The molecule has 96 valence electrons. The van der Waals surface area contributed by atoms with Gasteiger partial charge in [-0.1, -0.05) is 0 Å². The normalized spacial score (nSPS) is 12.9. The topological polar surface area (TPSA) is 148 Å². The number of nitrogens with zero attached hydrogens (tertiary/aromatic N) is 1. The van der Waals surface area contributed by atoms with Crippen LogP contribution >= 0.6 is 15.2 Å². The Kier molecular flexibility index (Phi) is 6.38. The van der Waals surface area contributed by atoms with E-state index >= 15 is 0 Å². The minimum absolute atomic E-state index is 0. The quantitative estimate of drug-likeness (QED) is 0.286. The molecule has 1 rings (SSSR count). The van der Waals surface area contributed by atoms with Crippen LogP contribution in [-0.4, -0.2) is 34.7 Å². The molecular formula is C7H11NNaO7P2+. The molecule has 0 unspecified atom stereocenters. The summed E-state index contributed by atoms with van der Waals surface area (Å²) in [5.41, 5.74) is 0.147. The monoisotopic (exact) mass is 306 g/mol. The van der Waals surface area contributed by atoms with Crippen molar-refractivity contribution in [3.8, 4) is 0 Å². The first-order valence-corrected chi connectivity index (χ1v) is 7.53. The van der Waals surface area contributed by atoms with Crippen molar-refractivity contribution in [2.75, 3.05) is 0 Å². The van der Waals surface area contributed by atoms with Crippen LogP contribution in [0.5, 0.6) is 0 Å². The fourth-order valence-corrected chi connectivity index (χ4v) is 3.28. The molecule has 0 saturated carbocycles. The van der Waals surface area contributed by atoms with E-state index in [1.165, 1.54) is 24.5 Å². The van der Waals surface area contributed by atoms with Crippen LogP contribution in [0.15, 0.2) is 24.5 Å². The van der Waals surface area contributed by atoms with Crippen molar-refractivity contribution in [2.24, 2.45) is 0 Å².